The number of esters is 1. The molecule has 0 unspecified atom stereocenters. The molecule has 9 heavy (non-hydrogen) atoms. The Morgan fingerprint density at radius 1 is 1.89 bits per heavy atom. The Morgan fingerprint density at radius 3 is 2.44 bits per heavy atom. The number of ether oxygens (including phenoxy) is 1. The molecule has 0 saturated heterocycles. The second kappa shape index (κ2) is 5.85. The van der Waals surface area contributed by atoms with Crippen molar-refractivity contribution < 1.29 is 23.4 Å². The van der Waals surface area contributed by atoms with Gasteiger partial charge in [-0.15, -0.1) is 0 Å². The Morgan fingerprint density at radius 2 is 2.33 bits per heavy atom. The van der Waals surface area contributed by atoms with Crippen molar-refractivity contribution in [1.29, 1.82) is 0 Å². The third-order valence-electron chi connectivity index (χ3n) is 0.658. The zero-order valence-corrected chi connectivity index (χ0v) is 6.31. The van der Waals surface area contributed by atoms with Gasteiger partial charge < -0.3 is 22.9 Å². The lowest BCUT2D eigenvalue weighted by Crippen LogP contribution is -3.00. The van der Waals surface area contributed by atoms with E-state index in [0.29, 0.717) is 6.61 Å². The molecule has 0 heterocycles. The second-order valence-corrected chi connectivity index (χ2v) is 1.54. The Kier molecular flexibility index (Phi) is 7.48. The molecule has 0 aromatic heterocycles. The van der Waals surface area contributed by atoms with Gasteiger partial charge in [0.2, 0.25) is 0 Å². The van der Waals surface area contributed by atoms with Crippen LogP contribution in [0.2, 0.25) is 0 Å². The first-order valence-corrected chi connectivity index (χ1v) is 2.60. The first-order valence-electron chi connectivity index (χ1n) is 2.60. The zero-order chi connectivity index (χ0) is 6.57. The largest absolute Gasteiger partial charge is 1.00 e. The molecule has 0 aliphatic carbocycles. The molecular formula is C5H12ClNO2. The minimum Gasteiger partial charge on any atom is -1.00 e. The fraction of sp³-hybridized carbons (Fsp3) is 0.800. The molecule has 0 bridgehead atoms. The predicted molar refractivity (Wildman–Crippen MR) is 31.4 cm³/mol. The van der Waals surface area contributed by atoms with Crippen molar-refractivity contribution in [1.82, 2.24) is 0 Å². The third kappa shape index (κ3) is 5.59. The van der Waals surface area contributed by atoms with Gasteiger partial charge in [-0.05, 0) is 13.8 Å². The quantitative estimate of drug-likeness (QED) is 0.431. The van der Waals surface area contributed by atoms with Crippen molar-refractivity contribution in [2.45, 2.75) is 19.9 Å². The van der Waals surface area contributed by atoms with Crippen LogP contribution in [0.25, 0.3) is 0 Å². The van der Waals surface area contributed by atoms with Gasteiger partial charge in [-0.3, -0.25) is 4.79 Å². The second-order valence-electron chi connectivity index (χ2n) is 1.54. The summed E-state index contributed by atoms with van der Waals surface area (Å²) in [6.45, 7) is 3.75. The average molecular weight is 154 g/mol. The van der Waals surface area contributed by atoms with E-state index >= 15 is 0 Å². The molecule has 0 spiro atoms. The van der Waals surface area contributed by atoms with Gasteiger partial charge in [0.1, 0.15) is 6.04 Å². The van der Waals surface area contributed by atoms with Crippen molar-refractivity contribution in [2.75, 3.05) is 6.61 Å². The van der Waals surface area contributed by atoms with E-state index in [1.54, 1.807) is 13.8 Å². The zero-order valence-electron chi connectivity index (χ0n) is 6.56. The van der Waals surface area contributed by atoms with Gasteiger partial charge in [0, 0.05) is 0 Å². The Labute approximate surface area is 62.5 Å². The molecule has 0 amide bonds. The number of hydrogen-bond acceptors (Lipinski definition) is 3. The predicted octanol–water partition coefficient (Wildman–Crippen LogP) is -2.99. The van der Waals surface area contributed by atoms with E-state index in [1.165, 1.54) is 0 Å². The molecule has 0 aliphatic rings. The van der Waals surface area contributed by atoms with E-state index in [2.05, 4.69) is 4.74 Å². The molecule has 0 aliphatic heterocycles. The third-order valence-corrected chi connectivity index (χ3v) is 0.658. The lowest BCUT2D eigenvalue weighted by Gasteiger charge is -2.02. The highest BCUT2D eigenvalue weighted by molar-refractivity contribution is 5.74. The number of rotatable bonds is 2. The molecule has 56 valence electrons. The molecule has 1 atom stereocenters. The van der Waals surface area contributed by atoms with E-state index in [-0.39, 0.29) is 19.8 Å². The van der Waals surface area contributed by atoms with Crippen LogP contribution in [0.1, 0.15) is 15.3 Å². The van der Waals surface area contributed by atoms with Crippen molar-refractivity contribution in [3.8, 4) is 0 Å². The van der Waals surface area contributed by atoms with E-state index in [9.17, 15) is 4.79 Å². The van der Waals surface area contributed by atoms with Gasteiger partial charge in [-0.1, -0.05) is 0 Å². The Balaban J connectivity index is -0.000000245. The fourth-order valence-electron chi connectivity index (χ4n) is 0.274. The number of hydrogen-bond donors (Lipinski definition) is 1. The topological polar surface area (TPSA) is 52.3 Å². The summed E-state index contributed by atoms with van der Waals surface area (Å²) in [5.41, 5.74) is 5.15. The van der Waals surface area contributed by atoms with E-state index in [0.717, 1.165) is 0 Å². The average Bonchev–Trinajstić information content (AvgIpc) is 1.67. The minimum absolute atomic E-state index is 0. The van der Waals surface area contributed by atoms with Gasteiger partial charge in [-0.25, -0.2) is 0 Å². The molecule has 0 aromatic rings. The highest BCUT2D eigenvalue weighted by atomic mass is 35.5. The number of halogens is 1. The lowest BCUT2D eigenvalue weighted by molar-refractivity contribution is -0.144. The maximum absolute atomic E-state index is 10.4. The Bertz CT molecular complexity index is 89.7. The summed E-state index contributed by atoms with van der Waals surface area (Å²) in [5, 5.41) is 0. The van der Waals surface area contributed by atoms with Crippen molar-refractivity contribution in [3.63, 3.8) is 0 Å². The van der Waals surface area contributed by atoms with Crippen molar-refractivity contribution >= 4 is 5.97 Å². The lowest BCUT2D eigenvalue weighted by atomic mass is 10.4. The summed E-state index contributed by atoms with van der Waals surface area (Å²) in [4.78, 5) is 10.4. The molecule has 3 nitrogen and oxygen atoms in total. The summed E-state index contributed by atoms with van der Waals surface area (Å²) in [7, 11) is 0. The van der Waals surface area contributed by atoms with E-state index in [1.807, 2.05) is 0 Å². The maximum Gasteiger partial charge on any atom is 1.00 e. The molecule has 4 heteroatoms. The standard InChI is InChI=1S/C5H11NO2.ClH/c1-3-8-5(7)4(2)6;/h4H,3,6H2,1-2H3;1H/t4-;/m0./s1. The summed E-state index contributed by atoms with van der Waals surface area (Å²) >= 11 is 0. The SMILES string of the molecule is CCOC(=O)[C@H](C)N.[Cl-].[H+]. The molecular weight excluding hydrogens is 142 g/mol. The van der Waals surface area contributed by atoms with Crippen LogP contribution in [-0.4, -0.2) is 18.6 Å². The summed E-state index contributed by atoms with van der Waals surface area (Å²) in [6, 6.07) is -0.491. The summed E-state index contributed by atoms with van der Waals surface area (Å²) in [6.07, 6.45) is 0. The van der Waals surface area contributed by atoms with Gasteiger partial charge in [0.25, 0.3) is 0 Å². The van der Waals surface area contributed by atoms with Crippen LogP contribution in [0.5, 0.6) is 0 Å². The van der Waals surface area contributed by atoms with Crippen LogP contribution in [0.3, 0.4) is 0 Å². The molecule has 0 rings (SSSR count). The van der Waals surface area contributed by atoms with Gasteiger partial charge in [0.05, 0.1) is 6.61 Å². The van der Waals surface area contributed by atoms with Gasteiger partial charge in [-0.2, -0.15) is 0 Å². The van der Waals surface area contributed by atoms with Crippen LogP contribution in [0.15, 0.2) is 0 Å². The van der Waals surface area contributed by atoms with Gasteiger partial charge in [0.15, 0.2) is 0 Å². The normalized spacial score (nSPS) is 11.4. The highest BCUT2D eigenvalue weighted by Crippen LogP contribution is 1.80. The molecule has 0 saturated carbocycles. The number of nitrogens with two attached hydrogens (primary N) is 1. The van der Waals surface area contributed by atoms with Crippen LogP contribution < -0.4 is 18.1 Å². The van der Waals surface area contributed by atoms with E-state index in [4.69, 9.17) is 5.73 Å². The van der Waals surface area contributed by atoms with Crippen molar-refractivity contribution in [3.05, 3.63) is 0 Å². The van der Waals surface area contributed by atoms with Crippen LogP contribution in [-0.2, 0) is 9.53 Å². The maximum atomic E-state index is 10.4. The molecule has 0 aromatic carbocycles. The molecule has 2 N–H and O–H groups in total. The minimum atomic E-state index is -0.491. The Hall–Kier alpha value is -0.280. The molecule has 0 fully saturated rings. The first-order chi connectivity index (χ1) is 3.68. The summed E-state index contributed by atoms with van der Waals surface area (Å²) in [5.74, 6) is -0.340. The van der Waals surface area contributed by atoms with E-state index < -0.39 is 6.04 Å². The number of carbonyl (C=O) groups excluding carboxylic acids is 1. The monoisotopic (exact) mass is 153 g/mol. The fourth-order valence-corrected chi connectivity index (χ4v) is 0.274. The summed E-state index contributed by atoms with van der Waals surface area (Å²) < 4.78 is 4.54. The smallest absolute Gasteiger partial charge is 1.00 e. The van der Waals surface area contributed by atoms with Crippen molar-refractivity contribution in [2.24, 2.45) is 5.73 Å². The van der Waals surface area contributed by atoms with Gasteiger partial charge >= 0.3 is 7.40 Å². The van der Waals surface area contributed by atoms with Crippen LogP contribution >= 0.6 is 0 Å². The molecule has 0 radical (unpaired) electrons. The van der Waals surface area contributed by atoms with Crippen LogP contribution in [0, 0.1) is 0 Å². The number of carbonyl (C=O) groups is 1. The first kappa shape index (κ1) is 11.5. The van der Waals surface area contributed by atoms with Crippen LogP contribution in [0.4, 0.5) is 0 Å². The highest BCUT2D eigenvalue weighted by Gasteiger charge is 2.05.